The van der Waals surface area contributed by atoms with E-state index in [2.05, 4.69) is 15.0 Å². The fraction of sp³-hybridized carbons (Fsp3) is 0.417. The summed E-state index contributed by atoms with van der Waals surface area (Å²) in [6, 6.07) is 0. The zero-order chi connectivity index (χ0) is 12.4. The molecular formula is C12H16N4S. The molecule has 0 radical (unpaired) electrons. The number of nitrogens with two attached hydrogens (primary N) is 1. The number of aromatic nitrogens is 3. The Kier molecular flexibility index (Phi) is 3.49. The molecule has 0 saturated carbocycles. The predicted octanol–water partition coefficient (Wildman–Crippen LogP) is 1.91. The first-order valence-corrected chi connectivity index (χ1v) is 6.42. The van der Waals surface area contributed by atoms with Crippen molar-refractivity contribution in [3.8, 4) is 0 Å². The number of aryl methyl sites for hydroxylation is 3. The fourth-order valence-electron chi connectivity index (χ4n) is 1.80. The third-order valence-corrected chi connectivity index (χ3v) is 3.61. The van der Waals surface area contributed by atoms with E-state index < -0.39 is 0 Å². The fourth-order valence-corrected chi connectivity index (χ4v) is 2.57. The Labute approximate surface area is 105 Å². The summed E-state index contributed by atoms with van der Waals surface area (Å²) in [5.41, 5.74) is 9.72. The Balaban J connectivity index is 2.28. The van der Waals surface area contributed by atoms with Crippen LogP contribution in [0.3, 0.4) is 0 Å². The maximum atomic E-state index is 5.67. The molecule has 2 aromatic rings. The number of hydrogen-bond donors (Lipinski definition) is 1. The molecule has 0 aliphatic rings. The van der Waals surface area contributed by atoms with Gasteiger partial charge in [-0.1, -0.05) is 0 Å². The number of nitrogens with zero attached hydrogens (tertiary/aromatic N) is 3. The van der Waals surface area contributed by atoms with E-state index in [1.165, 1.54) is 0 Å². The SMILES string of the molecule is Cc1csc(Cc2nc(C)c(CN)c(C)n2)n1. The lowest BCUT2D eigenvalue weighted by Gasteiger charge is -2.07. The molecule has 0 fully saturated rings. The summed E-state index contributed by atoms with van der Waals surface area (Å²) in [6.45, 7) is 6.45. The van der Waals surface area contributed by atoms with E-state index in [1.807, 2.05) is 26.2 Å². The molecule has 0 amide bonds. The van der Waals surface area contributed by atoms with Crippen LogP contribution in [0.2, 0.25) is 0 Å². The first-order valence-electron chi connectivity index (χ1n) is 5.54. The van der Waals surface area contributed by atoms with Crippen molar-refractivity contribution >= 4 is 11.3 Å². The second kappa shape index (κ2) is 4.89. The average Bonchev–Trinajstić information content (AvgIpc) is 2.63. The molecule has 0 atom stereocenters. The lowest BCUT2D eigenvalue weighted by Crippen LogP contribution is -2.09. The van der Waals surface area contributed by atoms with Gasteiger partial charge in [0.1, 0.15) is 10.8 Å². The van der Waals surface area contributed by atoms with Gasteiger partial charge in [0, 0.05) is 34.6 Å². The monoisotopic (exact) mass is 248 g/mol. The quantitative estimate of drug-likeness (QED) is 0.901. The number of rotatable bonds is 3. The first-order chi connectivity index (χ1) is 8.10. The molecule has 0 spiro atoms. The lowest BCUT2D eigenvalue weighted by molar-refractivity contribution is 0.862. The summed E-state index contributed by atoms with van der Waals surface area (Å²) < 4.78 is 0. The molecule has 17 heavy (non-hydrogen) atoms. The second-order valence-electron chi connectivity index (χ2n) is 4.05. The second-order valence-corrected chi connectivity index (χ2v) is 5.00. The van der Waals surface area contributed by atoms with Crippen LogP contribution in [0.15, 0.2) is 5.38 Å². The van der Waals surface area contributed by atoms with Crippen molar-refractivity contribution in [1.82, 2.24) is 15.0 Å². The van der Waals surface area contributed by atoms with Gasteiger partial charge in [-0.15, -0.1) is 11.3 Å². The van der Waals surface area contributed by atoms with Crippen molar-refractivity contribution in [1.29, 1.82) is 0 Å². The standard InChI is InChI=1S/C12H16N4S/c1-7-6-17-12(14-7)4-11-15-8(2)10(5-13)9(3)16-11/h6H,4-5,13H2,1-3H3. The summed E-state index contributed by atoms with van der Waals surface area (Å²) in [7, 11) is 0. The number of hydrogen-bond acceptors (Lipinski definition) is 5. The van der Waals surface area contributed by atoms with Crippen LogP contribution in [-0.2, 0) is 13.0 Å². The van der Waals surface area contributed by atoms with Crippen molar-refractivity contribution in [2.24, 2.45) is 5.73 Å². The van der Waals surface area contributed by atoms with Crippen molar-refractivity contribution in [3.05, 3.63) is 38.9 Å². The van der Waals surface area contributed by atoms with Crippen LogP contribution in [0.1, 0.15) is 33.5 Å². The normalized spacial score (nSPS) is 10.8. The summed E-state index contributed by atoms with van der Waals surface area (Å²) in [5, 5.41) is 3.10. The molecule has 90 valence electrons. The highest BCUT2D eigenvalue weighted by Gasteiger charge is 2.09. The van der Waals surface area contributed by atoms with Crippen molar-refractivity contribution in [2.75, 3.05) is 0 Å². The maximum absolute atomic E-state index is 5.67. The smallest absolute Gasteiger partial charge is 0.135 e. The highest BCUT2D eigenvalue weighted by atomic mass is 32.1. The molecular weight excluding hydrogens is 232 g/mol. The molecule has 0 bridgehead atoms. The Morgan fingerprint density at radius 3 is 2.24 bits per heavy atom. The van der Waals surface area contributed by atoms with E-state index in [-0.39, 0.29) is 0 Å². The lowest BCUT2D eigenvalue weighted by atomic mass is 10.1. The molecule has 5 heteroatoms. The minimum atomic E-state index is 0.494. The minimum absolute atomic E-state index is 0.494. The van der Waals surface area contributed by atoms with E-state index in [9.17, 15) is 0 Å². The van der Waals surface area contributed by atoms with Crippen LogP contribution in [0, 0.1) is 20.8 Å². The van der Waals surface area contributed by atoms with E-state index in [4.69, 9.17) is 5.73 Å². The maximum Gasteiger partial charge on any atom is 0.135 e. The third-order valence-electron chi connectivity index (χ3n) is 2.65. The van der Waals surface area contributed by atoms with Crippen molar-refractivity contribution in [3.63, 3.8) is 0 Å². The van der Waals surface area contributed by atoms with Gasteiger partial charge in [-0.3, -0.25) is 0 Å². The van der Waals surface area contributed by atoms with Gasteiger partial charge in [0.15, 0.2) is 0 Å². The Morgan fingerprint density at radius 1 is 1.12 bits per heavy atom. The molecule has 0 saturated heterocycles. The largest absolute Gasteiger partial charge is 0.326 e. The molecule has 2 rings (SSSR count). The zero-order valence-corrected chi connectivity index (χ0v) is 11.1. The summed E-state index contributed by atoms with van der Waals surface area (Å²) in [4.78, 5) is 13.4. The minimum Gasteiger partial charge on any atom is -0.326 e. The summed E-state index contributed by atoms with van der Waals surface area (Å²) in [5.74, 6) is 0.826. The van der Waals surface area contributed by atoms with Gasteiger partial charge in [0.2, 0.25) is 0 Å². The van der Waals surface area contributed by atoms with Gasteiger partial charge in [-0.05, 0) is 20.8 Å². The van der Waals surface area contributed by atoms with E-state index in [0.29, 0.717) is 13.0 Å². The highest BCUT2D eigenvalue weighted by molar-refractivity contribution is 7.09. The molecule has 0 aromatic carbocycles. The first kappa shape index (κ1) is 12.1. The average molecular weight is 248 g/mol. The highest BCUT2D eigenvalue weighted by Crippen LogP contribution is 2.15. The summed E-state index contributed by atoms with van der Waals surface area (Å²) >= 11 is 1.65. The van der Waals surface area contributed by atoms with Gasteiger partial charge < -0.3 is 5.73 Å². The Morgan fingerprint density at radius 2 is 1.76 bits per heavy atom. The van der Waals surface area contributed by atoms with Crippen LogP contribution >= 0.6 is 11.3 Å². The molecule has 2 aromatic heterocycles. The van der Waals surface area contributed by atoms with E-state index >= 15 is 0 Å². The van der Waals surface area contributed by atoms with Gasteiger partial charge in [0.05, 0.1) is 6.42 Å². The van der Waals surface area contributed by atoms with Crippen LogP contribution in [0.4, 0.5) is 0 Å². The Bertz CT molecular complexity index is 510. The third kappa shape index (κ3) is 2.68. The Hall–Kier alpha value is -1.33. The molecule has 0 aliphatic heterocycles. The van der Waals surface area contributed by atoms with E-state index in [1.54, 1.807) is 11.3 Å². The van der Waals surface area contributed by atoms with Gasteiger partial charge in [-0.2, -0.15) is 0 Å². The molecule has 4 nitrogen and oxygen atoms in total. The molecule has 2 heterocycles. The van der Waals surface area contributed by atoms with Crippen LogP contribution in [0.5, 0.6) is 0 Å². The summed E-state index contributed by atoms with van der Waals surface area (Å²) in [6.07, 6.45) is 0.699. The molecule has 0 aliphatic carbocycles. The van der Waals surface area contributed by atoms with Gasteiger partial charge >= 0.3 is 0 Å². The van der Waals surface area contributed by atoms with Crippen molar-refractivity contribution in [2.45, 2.75) is 33.7 Å². The number of thiazole rings is 1. The predicted molar refractivity (Wildman–Crippen MR) is 69.1 cm³/mol. The molecule has 0 unspecified atom stereocenters. The van der Waals surface area contributed by atoms with Gasteiger partial charge in [0.25, 0.3) is 0 Å². The molecule has 2 N–H and O–H groups in total. The van der Waals surface area contributed by atoms with Crippen LogP contribution in [-0.4, -0.2) is 15.0 Å². The topological polar surface area (TPSA) is 64.7 Å². The van der Waals surface area contributed by atoms with Crippen molar-refractivity contribution < 1.29 is 0 Å². The van der Waals surface area contributed by atoms with Gasteiger partial charge in [-0.25, -0.2) is 15.0 Å². The van der Waals surface area contributed by atoms with Crippen LogP contribution < -0.4 is 5.73 Å². The zero-order valence-electron chi connectivity index (χ0n) is 10.3. The van der Waals surface area contributed by atoms with Crippen LogP contribution in [0.25, 0.3) is 0 Å². The van der Waals surface area contributed by atoms with E-state index in [0.717, 1.165) is 33.5 Å².